The zero-order valence-electron chi connectivity index (χ0n) is 9.03. The maximum atomic E-state index is 5.61. The molecule has 0 spiro atoms. The van der Waals surface area contributed by atoms with Crippen LogP contribution in [0.25, 0.3) is 0 Å². The maximum Gasteiger partial charge on any atom is 0.195 e. The van der Waals surface area contributed by atoms with E-state index in [0.29, 0.717) is 10.9 Å². The average Bonchev–Trinajstić information content (AvgIpc) is 2.83. The quantitative estimate of drug-likeness (QED) is 0.801. The smallest absolute Gasteiger partial charge is 0.195 e. The van der Waals surface area contributed by atoms with Crippen molar-refractivity contribution < 1.29 is 4.74 Å². The van der Waals surface area contributed by atoms with E-state index in [0.717, 1.165) is 38.2 Å². The van der Waals surface area contributed by atoms with E-state index in [9.17, 15) is 0 Å². The Morgan fingerprint density at radius 2 is 2.53 bits per heavy atom. The highest BCUT2D eigenvalue weighted by molar-refractivity contribution is 7.71. The third-order valence-electron chi connectivity index (χ3n) is 2.72. The highest BCUT2D eigenvalue weighted by Gasteiger charge is 2.18. The van der Waals surface area contributed by atoms with E-state index in [4.69, 9.17) is 17.0 Å². The summed E-state index contributed by atoms with van der Waals surface area (Å²) in [5, 5.41) is 7.09. The van der Waals surface area contributed by atoms with Gasteiger partial charge in [0.15, 0.2) is 4.77 Å². The second kappa shape index (κ2) is 4.90. The molecule has 4 nitrogen and oxygen atoms in total. The molecule has 84 valence electrons. The van der Waals surface area contributed by atoms with Gasteiger partial charge in [-0.2, -0.15) is 5.10 Å². The molecule has 1 saturated heterocycles. The van der Waals surface area contributed by atoms with Gasteiger partial charge in [0.2, 0.25) is 0 Å². The molecule has 0 radical (unpaired) electrons. The highest BCUT2D eigenvalue weighted by Crippen LogP contribution is 2.15. The highest BCUT2D eigenvalue weighted by atomic mass is 32.1. The van der Waals surface area contributed by atoms with E-state index in [-0.39, 0.29) is 0 Å². The minimum absolute atomic E-state index is 0.324. The molecule has 1 N–H and O–H groups in total. The first-order valence-corrected chi connectivity index (χ1v) is 5.97. The third-order valence-corrected chi connectivity index (χ3v) is 3.03. The van der Waals surface area contributed by atoms with Gasteiger partial charge in [-0.05, 0) is 31.5 Å². The zero-order valence-corrected chi connectivity index (χ0v) is 9.85. The number of hydrogen-bond donors (Lipinski definition) is 1. The topological polar surface area (TPSA) is 42.8 Å². The molecule has 1 aliphatic rings. The van der Waals surface area contributed by atoms with Crippen molar-refractivity contribution in [1.29, 1.82) is 0 Å². The Bertz CT molecular complexity index is 365. The van der Waals surface area contributed by atoms with Crippen LogP contribution in [0.5, 0.6) is 0 Å². The van der Waals surface area contributed by atoms with Crippen molar-refractivity contribution in [1.82, 2.24) is 14.8 Å². The fraction of sp³-hybridized carbons (Fsp3) is 0.800. The first-order valence-electron chi connectivity index (χ1n) is 5.57. The Morgan fingerprint density at radius 1 is 1.67 bits per heavy atom. The van der Waals surface area contributed by atoms with Crippen LogP contribution in [0.15, 0.2) is 0 Å². The van der Waals surface area contributed by atoms with Gasteiger partial charge in [0.05, 0.1) is 12.6 Å². The van der Waals surface area contributed by atoms with Crippen molar-refractivity contribution in [3.05, 3.63) is 10.6 Å². The van der Waals surface area contributed by atoms with Crippen LogP contribution in [-0.4, -0.2) is 27.5 Å². The fourth-order valence-electron chi connectivity index (χ4n) is 1.94. The second-order valence-electron chi connectivity index (χ2n) is 3.94. The lowest BCUT2D eigenvalue weighted by molar-refractivity contribution is 0.0959. The summed E-state index contributed by atoms with van der Waals surface area (Å²) >= 11 is 5.21. The van der Waals surface area contributed by atoms with Crippen molar-refractivity contribution in [2.75, 3.05) is 6.61 Å². The normalized spacial score (nSPS) is 21.0. The molecule has 0 saturated carbocycles. The van der Waals surface area contributed by atoms with Crippen LogP contribution < -0.4 is 0 Å². The first kappa shape index (κ1) is 10.8. The molecule has 1 aromatic rings. The van der Waals surface area contributed by atoms with Crippen molar-refractivity contribution in [2.45, 2.75) is 45.3 Å². The molecule has 2 rings (SSSR count). The first-order chi connectivity index (χ1) is 7.31. The summed E-state index contributed by atoms with van der Waals surface area (Å²) in [7, 11) is 0. The lowest BCUT2D eigenvalue weighted by Crippen LogP contribution is -2.17. The number of aromatic amines is 1. The van der Waals surface area contributed by atoms with E-state index in [1.807, 2.05) is 0 Å². The molecule has 0 aromatic carbocycles. The Hall–Kier alpha value is -0.680. The summed E-state index contributed by atoms with van der Waals surface area (Å²) < 4.78 is 8.40. The lowest BCUT2D eigenvalue weighted by atomic mass is 10.2. The number of hydrogen-bond acceptors (Lipinski definition) is 3. The van der Waals surface area contributed by atoms with Gasteiger partial charge in [-0.15, -0.1) is 0 Å². The van der Waals surface area contributed by atoms with Crippen molar-refractivity contribution in [3.8, 4) is 0 Å². The van der Waals surface area contributed by atoms with E-state index < -0.39 is 0 Å². The number of H-pyrrole nitrogens is 1. The van der Waals surface area contributed by atoms with Crippen LogP contribution in [0, 0.1) is 4.77 Å². The molecular formula is C10H17N3OS. The minimum Gasteiger partial charge on any atom is -0.376 e. The SMILES string of the molecule is CCCc1n[nH]c(=S)n1C[C@H]1CCCO1. The van der Waals surface area contributed by atoms with Gasteiger partial charge in [-0.25, -0.2) is 0 Å². The van der Waals surface area contributed by atoms with Crippen molar-refractivity contribution in [3.63, 3.8) is 0 Å². The molecule has 1 aliphatic heterocycles. The third kappa shape index (κ3) is 2.46. The van der Waals surface area contributed by atoms with Crippen LogP contribution in [0.2, 0.25) is 0 Å². The standard InChI is InChI=1S/C10H17N3OS/c1-2-4-9-11-12-10(15)13(9)7-8-5-3-6-14-8/h8H,2-7H2,1H3,(H,12,15)/t8-/m1/s1. The van der Waals surface area contributed by atoms with E-state index >= 15 is 0 Å². The van der Waals surface area contributed by atoms with Crippen LogP contribution in [0.4, 0.5) is 0 Å². The predicted molar refractivity (Wildman–Crippen MR) is 60.4 cm³/mol. The molecule has 1 atom stereocenters. The number of nitrogens with one attached hydrogen (secondary N) is 1. The number of rotatable bonds is 4. The van der Waals surface area contributed by atoms with Crippen LogP contribution >= 0.6 is 12.2 Å². The molecule has 0 aliphatic carbocycles. The van der Waals surface area contributed by atoms with Gasteiger partial charge in [0, 0.05) is 13.0 Å². The molecule has 0 unspecified atom stereocenters. The Morgan fingerprint density at radius 3 is 3.20 bits per heavy atom. The Labute approximate surface area is 94.6 Å². The Balaban J connectivity index is 2.10. The van der Waals surface area contributed by atoms with Gasteiger partial charge < -0.3 is 9.30 Å². The average molecular weight is 227 g/mol. The van der Waals surface area contributed by atoms with E-state index in [1.54, 1.807) is 0 Å². The second-order valence-corrected chi connectivity index (χ2v) is 4.33. The van der Waals surface area contributed by atoms with Crippen LogP contribution in [0.1, 0.15) is 32.0 Å². The molecule has 2 heterocycles. The van der Waals surface area contributed by atoms with Gasteiger partial charge in [0.25, 0.3) is 0 Å². The summed E-state index contributed by atoms with van der Waals surface area (Å²) in [5.74, 6) is 1.05. The van der Waals surface area contributed by atoms with Gasteiger partial charge >= 0.3 is 0 Å². The number of nitrogens with zero attached hydrogens (tertiary/aromatic N) is 2. The lowest BCUT2D eigenvalue weighted by Gasteiger charge is -2.11. The molecule has 0 bridgehead atoms. The summed E-state index contributed by atoms with van der Waals surface area (Å²) in [4.78, 5) is 0. The molecule has 5 heteroatoms. The molecule has 1 fully saturated rings. The fourth-order valence-corrected chi connectivity index (χ4v) is 2.17. The summed E-state index contributed by atoms with van der Waals surface area (Å²) in [6, 6.07) is 0. The molecule has 15 heavy (non-hydrogen) atoms. The number of aromatic nitrogens is 3. The summed E-state index contributed by atoms with van der Waals surface area (Å²) in [6.07, 6.45) is 4.69. The largest absolute Gasteiger partial charge is 0.376 e. The maximum absolute atomic E-state index is 5.61. The molecule has 1 aromatic heterocycles. The monoisotopic (exact) mass is 227 g/mol. The van der Waals surface area contributed by atoms with Crippen LogP contribution in [-0.2, 0) is 17.7 Å². The number of ether oxygens (including phenoxy) is 1. The van der Waals surface area contributed by atoms with Crippen LogP contribution in [0.3, 0.4) is 0 Å². The summed E-state index contributed by atoms with van der Waals surface area (Å²) in [6.45, 7) is 3.89. The van der Waals surface area contributed by atoms with Crippen molar-refractivity contribution in [2.24, 2.45) is 0 Å². The number of aryl methyl sites for hydroxylation is 1. The zero-order chi connectivity index (χ0) is 10.7. The van der Waals surface area contributed by atoms with Gasteiger partial charge in [0.1, 0.15) is 5.82 Å². The van der Waals surface area contributed by atoms with Crippen molar-refractivity contribution >= 4 is 12.2 Å². The van der Waals surface area contributed by atoms with Gasteiger partial charge in [-0.1, -0.05) is 6.92 Å². The van der Waals surface area contributed by atoms with E-state index in [1.165, 1.54) is 6.42 Å². The molecule has 0 amide bonds. The minimum atomic E-state index is 0.324. The predicted octanol–water partition coefficient (Wildman–Crippen LogP) is 2.07. The molecular weight excluding hydrogens is 210 g/mol. The van der Waals surface area contributed by atoms with E-state index in [2.05, 4.69) is 21.7 Å². The Kier molecular flexibility index (Phi) is 3.53. The van der Waals surface area contributed by atoms with Gasteiger partial charge in [-0.3, -0.25) is 5.10 Å². The summed E-state index contributed by atoms with van der Waals surface area (Å²) in [5.41, 5.74) is 0.